The van der Waals surface area contributed by atoms with Crippen LogP contribution in [0.5, 0.6) is 0 Å². The van der Waals surface area contributed by atoms with Crippen LogP contribution in [-0.2, 0) is 6.42 Å². The summed E-state index contributed by atoms with van der Waals surface area (Å²) in [5.41, 5.74) is 2.27. The highest BCUT2D eigenvalue weighted by Crippen LogP contribution is 2.09. The molecule has 0 heterocycles. The van der Waals surface area contributed by atoms with Crippen LogP contribution in [0.25, 0.3) is 6.08 Å². The van der Waals surface area contributed by atoms with E-state index in [1.165, 1.54) is 12.5 Å². The van der Waals surface area contributed by atoms with Gasteiger partial charge in [-0.05, 0) is 17.5 Å². The quantitative estimate of drug-likeness (QED) is 0.544. The summed E-state index contributed by atoms with van der Waals surface area (Å²) in [7, 11) is 0. The van der Waals surface area contributed by atoms with E-state index in [-0.39, 0.29) is 10.6 Å². The molecule has 1 aromatic rings. The second-order valence-electron chi connectivity index (χ2n) is 3.14. The minimum absolute atomic E-state index is 0.161. The molecule has 3 heteroatoms. The third-order valence-electron chi connectivity index (χ3n) is 2.05. The average Bonchev–Trinajstić information content (AvgIpc) is 2.19. The second kappa shape index (κ2) is 4.56. The SMILES string of the molecule is CCc1ccc(/C=C(/C)[N+](=O)[O-])cc1. The minimum Gasteiger partial charge on any atom is -0.259 e. The molecular formula is C11H13NO2. The molecule has 0 aliphatic rings. The fourth-order valence-corrected chi connectivity index (χ4v) is 1.14. The van der Waals surface area contributed by atoms with Gasteiger partial charge in [0.05, 0.1) is 4.92 Å². The number of allylic oxidation sites excluding steroid dienone is 1. The molecule has 1 rings (SSSR count). The first-order valence-corrected chi connectivity index (χ1v) is 4.55. The standard InChI is InChI=1S/C11H13NO2/c1-3-10-4-6-11(7-5-10)8-9(2)12(13)14/h4-8H,3H2,1-2H3/b9-8-. The maximum Gasteiger partial charge on any atom is 0.243 e. The van der Waals surface area contributed by atoms with Crippen LogP contribution in [0.2, 0.25) is 0 Å². The summed E-state index contributed by atoms with van der Waals surface area (Å²) in [6.07, 6.45) is 2.55. The highest BCUT2D eigenvalue weighted by atomic mass is 16.6. The Kier molecular flexibility index (Phi) is 3.40. The number of rotatable bonds is 3. The Balaban J connectivity index is 2.88. The topological polar surface area (TPSA) is 43.1 Å². The van der Waals surface area contributed by atoms with Gasteiger partial charge in [-0.25, -0.2) is 0 Å². The molecule has 3 nitrogen and oxygen atoms in total. The molecule has 14 heavy (non-hydrogen) atoms. The van der Waals surface area contributed by atoms with E-state index in [0.29, 0.717) is 0 Å². The van der Waals surface area contributed by atoms with Crippen molar-refractivity contribution in [1.29, 1.82) is 0 Å². The molecule has 0 aliphatic carbocycles. The molecular weight excluding hydrogens is 178 g/mol. The van der Waals surface area contributed by atoms with Crippen LogP contribution in [-0.4, -0.2) is 4.92 Å². The van der Waals surface area contributed by atoms with Crippen LogP contribution in [0.15, 0.2) is 30.0 Å². The van der Waals surface area contributed by atoms with Gasteiger partial charge < -0.3 is 0 Å². The Morgan fingerprint density at radius 1 is 1.43 bits per heavy atom. The van der Waals surface area contributed by atoms with Crippen LogP contribution in [0.3, 0.4) is 0 Å². The van der Waals surface area contributed by atoms with Crippen molar-refractivity contribution >= 4 is 6.08 Å². The maximum absolute atomic E-state index is 10.4. The third kappa shape index (κ3) is 2.69. The van der Waals surface area contributed by atoms with E-state index >= 15 is 0 Å². The molecule has 0 aromatic heterocycles. The molecule has 0 saturated heterocycles. The molecule has 74 valence electrons. The molecule has 0 fully saturated rings. The number of hydrogen-bond acceptors (Lipinski definition) is 2. The molecule has 0 aliphatic heterocycles. The Bertz CT molecular complexity index is 352. The van der Waals surface area contributed by atoms with E-state index < -0.39 is 0 Å². The molecule has 1 aromatic carbocycles. The van der Waals surface area contributed by atoms with E-state index in [1.54, 1.807) is 6.08 Å². The number of nitrogens with zero attached hydrogens (tertiary/aromatic N) is 1. The third-order valence-corrected chi connectivity index (χ3v) is 2.05. The molecule has 0 atom stereocenters. The van der Waals surface area contributed by atoms with Gasteiger partial charge >= 0.3 is 0 Å². The smallest absolute Gasteiger partial charge is 0.243 e. The summed E-state index contributed by atoms with van der Waals surface area (Å²) in [6.45, 7) is 3.57. The first-order chi connectivity index (χ1) is 6.63. The summed E-state index contributed by atoms with van der Waals surface area (Å²) >= 11 is 0. The van der Waals surface area contributed by atoms with Gasteiger partial charge in [-0.1, -0.05) is 31.2 Å². The van der Waals surface area contributed by atoms with Crippen molar-refractivity contribution in [3.8, 4) is 0 Å². The first-order valence-electron chi connectivity index (χ1n) is 4.55. The Labute approximate surface area is 83.2 Å². The number of nitro groups is 1. The van der Waals surface area contributed by atoms with Crippen LogP contribution < -0.4 is 0 Å². The lowest BCUT2D eigenvalue weighted by Gasteiger charge is -1.97. The zero-order valence-corrected chi connectivity index (χ0v) is 8.36. The predicted octanol–water partition coefficient (Wildman–Crippen LogP) is 2.89. The molecule has 0 unspecified atom stereocenters. The summed E-state index contributed by atoms with van der Waals surface area (Å²) in [4.78, 5) is 9.98. The average molecular weight is 191 g/mol. The second-order valence-corrected chi connectivity index (χ2v) is 3.14. The zero-order valence-electron chi connectivity index (χ0n) is 8.36. The first kappa shape index (κ1) is 10.4. The van der Waals surface area contributed by atoms with E-state index in [0.717, 1.165) is 12.0 Å². The molecule has 0 radical (unpaired) electrons. The van der Waals surface area contributed by atoms with Crippen molar-refractivity contribution in [2.45, 2.75) is 20.3 Å². The fraction of sp³-hybridized carbons (Fsp3) is 0.273. The van der Waals surface area contributed by atoms with E-state index in [9.17, 15) is 10.1 Å². The molecule has 0 N–H and O–H groups in total. The Morgan fingerprint density at radius 3 is 2.43 bits per heavy atom. The molecule has 0 bridgehead atoms. The van der Waals surface area contributed by atoms with Gasteiger partial charge in [0.15, 0.2) is 0 Å². The van der Waals surface area contributed by atoms with Crippen molar-refractivity contribution < 1.29 is 4.92 Å². The Hall–Kier alpha value is -1.64. The van der Waals surface area contributed by atoms with Crippen molar-refractivity contribution in [2.75, 3.05) is 0 Å². The Morgan fingerprint density at radius 2 is 2.00 bits per heavy atom. The number of aryl methyl sites for hydroxylation is 1. The van der Waals surface area contributed by atoms with Crippen LogP contribution in [0.1, 0.15) is 25.0 Å². The normalized spacial score (nSPS) is 11.4. The van der Waals surface area contributed by atoms with Crippen molar-refractivity contribution in [3.63, 3.8) is 0 Å². The number of hydrogen-bond donors (Lipinski definition) is 0. The summed E-state index contributed by atoms with van der Waals surface area (Å²) in [5.74, 6) is 0. The van der Waals surface area contributed by atoms with Crippen molar-refractivity contribution in [3.05, 3.63) is 51.2 Å². The van der Waals surface area contributed by atoms with Crippen molar-refractivity contribution in [2.24, 2.45) is 0 Å². The monoisotopic (exact) mass is 191 g/mol. The maximum atomic E-state index is 10.4. The predicted molar refractivity (Wildman–Crippen MR) is 56.5 cm³/mol. The van der Waals surface area contributed by atoms with Gasteiger partial charge in [-0.2, -0.15) is 0 Å². The largest absolute Gasteiger partial charge is 0.259 e. The van der Waals surface area contributed by atoms with Crippen LogP contribution in [0, 0.1) is 10.1 Å². The minimum atomic E-state index is -0.381. The zero-order chi connectivity index (χ0) is 10.6. The summed E-state index contributed by atoms with van der Waals surface area (Å²) in [6, 6.07) is 7.76. The van der Waals surface area contributed by atoms with Crippen LogP contribution in [0.4, 0.5) is 0 Å². The molecule has 0 amide bonds. The highest BCUT2D eigenvalue weighted by molar-refractivity contribution is 5.50. The van der Waals surface area contributed by atoms with Gasteiger partial charge in [0.1, 0.15) is 0 Å². The van der Waals surface area contributed by atoms with Gasteiger partial charge in [0, 0.05) is 13.0 Å². The van der Waals surface area contributed by atoms with E-state index in [2.05, 4.69) is 6.92 Å². The lowest BCUT2D eigenvalue weighted by Crippen LogP contribution is -1.92. The molecule has 0 saturated carbocycles. The summed E-state index contributed by atoms with van der Waals surface area (Å²) < 4.78 is 0. The van der Waals surface area contributed by atoms with Gasteiger partial charge in [-0.15, -0.1) is 0 Å². The van der Waals surface area contributed by atoms with E-state index in [1.807, 2.05) is 24.3 Å². The van der Waals surface area contributed by atoms with Gasteiger partial charge in [-0.3, -0.25) is 10.1 Å². The van der Waals surface area contributed by atoms with Gasteiger partial charge in [0.25, 0.3) is 0 Å². The lowest BCUT2D eigenvalue weighted by atomic mass is 10.1. The fourth-order valence-electron chi connectivity index (χ4n) is 1.14. The van der Waals surface area contributed by atoms with Gasteiger partial charge in [0.2, 0.25) is 5.70 Å². The summed E-state index contributed by atoms with van der Waals surface area (Å²) in [5, 5.41) is 10.4. The lowest BCUT2D eigenvalue weighted by molar-refractivity contribution is -0.422. The highest BCUT2D eigenvalue weighted by Gasteiger charge is 2.01. The van der Waals surface area contributed by atoms with E-state index in [4.69, 9.17) is 0 Å². The number of benzene rings is 1. The van der Waals surface area contributed by atoms with Crippen LogP contribution >= 0.6 is 0 Å². The van der Waals surface area contributed by atoms with Crippen molar-refractivity contribution in [1.82, 2.24) is 0 Å². The molecule has 0 spiro atoms.